The number of halogens is 3. The van der Waals surface area contributed by atoms with E-state index in [1.165, 1.54) is 24.5 Å². The average molecular weight is 275 g/mol. The van der Waals surface area contributed by atoms with Crippen molar-refractivity contribution in [2.75, 3.05) is 0 Å². The first kappa shape index (κ1) is 13.7. The van der Waals surface area contributed by atoms with Crippen LogP contribution < -0.4 is 0 Å². The fourth-order valence-electron chi connectivity index (χ4n) is 1.54. The van der Waals surface area contributed by atoms with Crippen LogP contribution in [0.3, 0.4) is 0 Å². The summed E-state index contributed by atoms with van der Waals surface area (Å²) in [5.41, 5.74) is -0.271. The predicted molar refractivity (Wildman–Crippen MR) is 67.5 cm³/mol. The first-order valence-electron chi connectivity index (χ1n) is 5.57. The molecule has 0 spiro atoms. The van der Waals surface area contributed by atoms with Gasteiger partial charge in [0.25, 0.3) is 0 Å². The molecule has 20 heavy (non-hydrogen) atoms. The molecule has 0 aliphatic heterocycles. The zero-order valence-electron chi connectivity index (χ0n) is 10.1. The molecule has 1 aromatic carbocycles. The van der Waals surface area contributed by atoms with Gasteiger partial charge in [0.1, 0.15) is 11.8 Å². The number of hydrogen-bond acceptors (Lipinski definition) is 3. The summed E-state index contributed by atoms with van der Waals surface area (Å²) in [6, 6.07) is 9.59. The molecule has 2 aromatic rings. The van der Waals surface area contributed by atoms with Gasteiger partial charge in [0, 0.05) is 18.0 Å². The summed E-state index contributed by atoms with van der Waals surface area (Å²) in [7, 11) is 0. The third kappa shape index (κ3) is 3.20. The molecule has 0 aliphatic carbocycles. The summed E-state index contributed by atoms with van der Waals surface area (Å²) in [5, 5.41) is 9.04. The maximum atomic E-state index is 12.6. The van der Waals surface area contributed by atoms with Gasteiger partial charge in [-0.25, -0.2) is 4.99 Å². The molecule has 0 amide bonds. The van der Waals surface area contributed by atoms with Crippen molar-refractivity contribution in [3.8, 4) is 6.07 Å². The molecule has 2 rings (SSSR count). The molecule has 6 heteroatoms. The summed E-state index contributed by atoms with van der Waals surface area (Å²) in [4.78, 5) is 7.78. The van der Waals surface area contributed by atoms with Crippen molar-refractivity contribution in [3.05, 3.63) is 59.9 Å². The van der Waals surface area contributed by atoms with Crippen molar-refractivity contribution in [2.24, 2.45) is 4.99 Å². The molecule has 0 bridgehead atoms. The molecule has 0 atom stereocenters. The van der Waals surface area contributed by atoms with Crippen LogP contribution in [-0.4, -0.2) is 10.7 Å². The van der Waals surface area contributed by atoms with E-state index in [4.69, 9.17) is 5.26 Å². The highest BCUT2D eigenvalue weighted by Crippen LogP contribution is 2.31. The first-order chi connectivity index (χ1) is 9.50. The third-order valence-corrected chi connectivity index (χ3v) is 2.46. The first-order valence-corrected chi connectivity index (χ1v) is 5.57. The second kappa shape index (κ2) is 5.53. The number of benzene rings is 1. The number of pyridine rings is 1. The van der Waals surface area contributed by atoms with Gasteiger partial charge in [-0.1, -0.05) is 6.07 Å². The van der Waals surface area contributed by atoms with Gasteiger partial charge in [0.2, 0.25) is 0 Å². The molecule has 100 valence electrons. The standard InChI is InChI=1S/C14H8F3N3/c15-14(16,17)11-4-1-5-12(7-11)20-13(8-18)10-3-2-6-19-9-10/h1-7,9H. The molecule has 0 fully saturated rings. The summed E-state index contributed by atoms with van der Waals surface area (Å²) in [5.74, 6) is 0. The van der Waals surface area contributed by atoms with Crippen LogP contribution in [0.5, 0.6) is 0 Å². The van der Waals surface area contributed by atoms with E-state index in [-0.39, 0.29) is 11.4 Å². The van der Waals surface area contributed by atoms with E-state index in [2.05, 4.69) is 9.98 Å². The number of aliphatic imine (C=N–C) groups is 1. The highest BCUT2D eigenvalue weighted by atomic mass is 19.4. The van der Waals surface area contributed by atoms with Crippen molar-refractivity contribution in [2.45, 2.75) is 6.18 Å². The minimum absolute atomic E-state index is 0.0115. The molecule has 3 nitrogen and oxygen atoms in total. The maximum absolute atomic E-state index is 12.6. The van der Waals surface area contributed by atoms with E-state index < -0.39 is 11.7 Å². The van der Waals surface area contributed by atoms with Gasteiger partial charge in [0.15, 0.2) is 0 Å². The van der Waals surface area contributed by atoms with Crippen LogP contribution in [-0.2, 0) is 6.18 Å². The lowest BCUT2D eigenvalue weighted by Gasteiger charge is -2.06. The molecular formula is C14H8F3N3. The van der Waals surface area contributed by atoms with Crippen LogP contribution in [0.2, 0.25) is 0 Å². The summed E-state index contributed by atoms with van der Waals surface area (Å²) in [6.07, 6.45) is -1.48. The number of aromatic nitrogens is 1. The highest BCUT2D eigenvalue weighted by molar-refractivity contribution is 6.12. The minimum Gasteiger partial charge on any atom is -0.264 e. The summed E-state index contributed by atoms with van der Waals surface area (Å²) in [6.45, 7) is 0. The highest BCUT2D eigenvalue weighted by Gasteiger charge is 2.30. The fraction of sp³-hybridized carbons (Fsp3) is 0.0714. The number of nitriles is 1. The van der Waals surface area contributed by atoms with Gasteiger partial charge in [0.05, 0.1) is 11.3 Å². The second-order valence-corrected chi connectivity index (χ2v) is 3.86. The Morgan fingerprint density at radius 1 is 1.20 bits per heavy atom. The molecule has 0 radical (unpaired) electrons. The molecule has 1 heterocycles. The van der Waals surface area contributed by atoms with Crippen LogP contribution >= 0.6 is 0 Å². The van der Waals surface area contributed by atoms with Crippen LogP contribution in [0.15, 0.2) is 53.8 Å². The summed E-state index contributed by atoms with van der Waals surface area (Å²) >= 11 is 0. The Kier molecular flexibility index (Phi) is 3.80. The molecule has 0 unspecified atom stereocenters. The number of rotatable bonds is 2. The fourth-order valence-corrected chi connectivity index (χ4v) is 1.54. The zero-order valence-corrected chi connectivity index (χ0v) is 10.1. The third-order valence-electron chi connectivity index (χ3n) is 2.46. The van der Waals surface area contributed by atoms with Gasteiger partial charge in [-0.3, -0.25) is 4.98 Å². The Bertz CT molecular complexity index is 670. The number of nitrogens with zero attached hydrogens (tertiary/aromatic N) is 3. The Labute approximate surface area is 113 Å². The van der Waals surface area contributed by atoms with Crippen molar-refractivity contribution in [1.82, 2.24) is 4.98 Å². The lowest BCUT2D eigenvalue weighted by molar-refractivity contribution is -0.137. The number of hydrogen-bond donors (Lipinski definition) is 0. The largest absolute Gasteiger partial charge is 0.416 e. The molecule has 0 aliphatic rings. The van der Waals surface area contributed by atoms with Crippen molar-refractivity contribution in [1.29, 1.82) is 5.26 Å². The van der Waals surface area contributed by atoms with Crippen molar-refractivity contribution < 1.29 is 13.2 Å². The molecule has 0 N–H and O–H groups in total. The van der Waals surface area contributed by atoms with Crippen molar-refractivity contribution >= 4 is 11.4 Å². The Morgan fingerprint density at radius 2 is 2.00 bits per heavy atom. The maximum Gasteiger partial charge on any atom is 0.416 e. The van der Waals surface area contributed by atoms with Gasteiger partial charge in [-0.05, 0) is 30.3 Å². The quantitative estimate of drug-likeness (QED) is 0.784. The smallest absolute Gasteiger partial charge is 0.264 e. The molecule has 0 saturated heterocycles. The Hall–Kier alpha value is -2.68. The number of alkyl halides is 3. The Morgan fingerprint density at radius 3 is 2.60 bits per heavy atom. The molecule has 1 aromatic heterocycles. The SMILES string of the molecule is N#CC(=Nc1cccc(C(F)(F)F)c1)c1cccnc1. The van der Waals surface area contributed by atoms with E-state index in [1.807, 2.05) is 6.07 Å². The average Bonchev–Trinajstić information content (AvgIpc) is 2.45. The molecular weight excluding hydrogens is 267 g/mol. The van der Waals surface area contributed by atoms with Crippen molar-refractivity contribution in [3.63, 3.8) is 0 Å². The van der Waals surface area contributed by atoms with Crippen LogP contribution in [0.1, 0.15) is 11.1 Å². The zero-order chi connectivity index (χ0) is 14.6. The van der Waals surface area contributed by atoms with Gasteiger partial charge >= 0.3 is 6.18 Å². The molecule has 0 saturated carbocycles. The van der Waals surface area contributed by atoms with Gasteiger partial charge in [-0.2, -0.15) is 18.4 Å². The van der Waals surface area contributed by atoms with Crippen LogP contribution in [0.25, 0.3) is 0 Å². The lowest BCUT2D eigenvalue weighted by atomic mass is 10.1. The van der Waals surface area contributed by atoms with E-state index in [0.717, 1.165) is 12.1 Å². The van der Waals surface area contributed by atoms with Crippen LogP contribution in [0.4, 0.5) is 18.9 Å². The summed E-state index contributed by atoms with van der Waals surface area (Å²) < 4.78 is 37.8. The van der Waals surface area contributed by atoms with Crippen LogP contribution in [0, 0.1) is 11.3 Å². The predicted octanol–water partition coefficient (Wildman–Crippen LogP) is 3.74. The van der Waals surface area contributed by atoms with E-state index in [9.17, 15) is 13.2 Å². The van der Waals surface area contributed by atoms with Gasteiger partial charge < -0.3 is 0 Å². The minimum atomic E-state index is -4.44. The topological polar surface area (TPSA) is 49.0 Å². The monoisotopic (exact) mass is 275 g/mol. The Balaban J connectivity index is 2.42. The lowest BCUT2D eigenvalue weighted by Crippen LogP contribution is -2.04. The van der Waals surface area contributed by atoms with E-state index >= 15 is 0 Å². The van der Waals surface area contributed by atoms with Gasteiger partial charge in [-0.15, -0.1) is 0 Å². The van der Waals surface area contributed by atoms with E-state index in [1.54, 1.807) is 12.1 Å². The van der Waals surface area contributed by atoms with E-state index in [0.29, 0.717) is 5.56 Å². The normalized spacial score (nSPS) is 12.0. The second-order valence-electron chi connectivity index (χ2n) is 3.86.